The van der Waals surface area contributed by atoms with Gasteiger partial charge in [-0.1, -0.05) is 70.1 Å². The first-order valence-corrected chi connectivity index (χ1v) is 8.82. The molecule has 0 heterocycles. The van der Waals surface area contributed by atoms with Gasteiger partial charge in [-0.3, -0.25) is 0 Å². The smallest absolute Gasteiger partial charge is 0.0721 e. The second-order valence-electron chi connectivity index (χ2n) is 5.89. The fourth-order valence-electron chi connectivity index (χ4n) is 4.85. The lowest BCUT2D eigenvalue weighted by Crippen LogP contribution is -2.14. The van der Waals surface area contributed by atoms with Gasteiger partial charge in [0.25, 0.3) is 0 Å². The highest BCUT2D eigenvalue weighted by Gasteiger charge is 2.91. The Morgan fingerprint density at radius 1 is 0.800 bits per heavy atom. The molecule has 4 rings (SSSR count). The average Bonchev–Trinajstić information content (AvgIpc) is 2.72. The molecule has 0 amide bonds. The van der Waals surface area contributed by atoms with E-state index in [-0.39, 0.29) is 3.23 Å². The number of hydrogen-bond donors (Lipinski definition) is 0. The Morgan fingerprint density at radius 3 is 1.73 bits per heavy atom. The van der Waals surface area contributed by atoms with Crippen molar-refractivity contribution in [3.63, 3.8) is 0 Å². The standard InChI is InChI=1S/C11H12Br4/c12-10(13)6-4-8-2-1-3-9(8,5-7(6)10)11(8,14)15/h6-7H,1-5H2/t6-,7+,8-,9-/m1/s1. The molecular weight excluding hydrogens is 452 g/mol. The van der Waals surface area contributed by atoms with Crippen LogP contribution in [0.25, 0.3) is 0 Å². The highest BCUT2D eigenvalue weighted by atomic mass is 79.9. The molecule has 0 aromatic heterocycles. The van der Waals surface area contributed by atoms with E-state index in [1.807, 2.05) is 0 Å². The molecular formula is C11H12Br4. The lowest BCUT2D eigenvalue weighted by Gasteiger charge is -2.21. The average molecular weight is 464 g/mol. The third kappa shape index (κ3) is 0.889. The zero-order valence-electron chi connectivity index (χ0n) is 8.20. The van der Waals surface area contributed by atoms with E-state index in [0.29, 0.717) is 14.1 Å². The Kier molecular flexibility index (Phi) is 1.87. The quantitative estimate of drug-likeness (QED) is 0.435. The summed E-state index contributed by atoms with van der Waals surface area (Å²) in [6, 6.07) is 0. The summed E-state index contributed by atoms with van der Waals surface area (Å²) < 4.78 is 0.572. The van der Waals surface area contributed by atoms with Gasteiger partial charge in [0.05, 0.1) is 6.47 Å². The molecule has 4 atom stereocenters. The SMILES string of the molecule is BrC1(Br)[C@@H]2C[C@]34CCC[C@]3(C[C@@H]21)C4(Br)Br. The Morgan fingerprint density at radius 2 is 1.27 bits per heavy atom. The van der Waals surface area contributed by atoms with Crippen molar-refractivity contribution >= 4 is 63.7 Å². The van der Waals surface area contributed by atoms with Crippen molar-refractivity contribution in [2.75, 3.05) is 0 Å². The van der Waals surface area contributed by atoms with Crippen LogP contribution in [-0.4, -0.2) is 6.47 Å². The molecule has 4 saturated carbocycles. The molecule has 0 radical (unpaired) electrons. The number of hydrogen-bond acceptors (Lipinski definition) is 0. The Balaban J connectivity index is 1.77. The highest BCUT2D eigenvalue weighted by Crippen LogP contribution is 2.95. The van der Waals surface area contributed by atoms with Crippen molar-refractivity contribution in [2.45, 2.75) is 38.6 Å². The Bertz CT molecular complexity index is 334. The minimum atomic E-state index is 0.280. The molecule has 4 fully saturated rings. The van der Waals surface area contributed by atoms with Crippen LogP contribution in [-0.2, 0) is 0 Å². The van der Waals surface area contributed by atoms with Crippen LogP contribution in [0, 0.1) is 22.7 Å². The molecule has 0 nitrogen and oxygen atoms in total. The minimum Gasteiger partial charge on any atom is -0.0721 e. The molecule has 0 aliphatic heterocycles. The fourth-order valence-corrected chi connectivity index (χ4v) is 9.26. The van der Waals surface area contributed by atoms with E-state index >= 15 is 0 Å². The third-order valence-electron chi connectivity index (χ3n) is 5.76. The van der Waals surface area contributed by atoms with Gasteiger partial charge in [0, 0.05) is 10.8 Å². The summed E-state index contributed by atoms with van der Waals surface area (Å²) in [6.07, 6.45) is 7.07. The maximum Gasteiger partial charge on any atom is 0.0929 e. The van der Waals surface area contributed by atoms with E-state index in [1.165, 1.54) is 32.1 Å². The normalized spacial score (nSPS) is 61.6. The van der Waals surface area contributed by atoms with Gasteiger partial charge in [-0.2, -0.15) is 0 Å². The first kappa shape index (κ1) is 10.8. The first-order chi connectivity index (χ1) is 6.89. The number of halogens is 4. The van der Waals surface area contributed by atoms with Crippen molar-refractivity contribution in [3.8, 4) is 0 Å². The van der Waals surface area contributed by atoms with E-state index < -0.39 is 0 Å². The van der Waals surface area contributed by atoms with Crippen LogP contribution in [0.4, 0.5) is 0 Å². The third-order valence-corrected chi connectivity index (χ3v) is 11.2. The first-order valence-electron chi connectivity index (χ1n) is 5.65. The summed E-state index contributed by atoms with van der Waals surface area (Å²) in [5.74, 6) is 1.72. The maximum atomic E-state index is 3.98. The number of alkyl halides is 4. The van der Waals surface area contributed by atoms with Crippen molar-refractivity contribution < 1.29 is 0 Å². The van der Waals surface area contributed by atoms with Crippen LogP contribution in [0.2, 0.25) is 0 Å². The van der Waals surface area contributed by atoms with Crippen LogP contribution in [0.5, 0.6) is 0 Å². The molecule has 0 spiro atoms. The zero-order valence-corrected chi connectivity index (χ0v) is 14.5. The Hall–Kier alpha value is 1.92. The second kappa shape index (κ2) is 2.60. The van der Waals surface area contributed by atoms with Gasteiger partial charge in [-0.25, -0.2) is 0 Å². The summed E-state index contributed by atoms with van der Waals surface area (Å²) in [6.45, 7) is 0. The molecule has 0 unspecified atom stereocenters. The fraction of sp³-hybridized carbons (Fsp3) is 1.00. The summed E-state index contributed by atoms with van der Waals surface area (Å²) in [5, 5.41) is 0. The zero-order chi connectivity index (χ0) is 10.7. The molecule has 4 heteroatoms. The molecule has 4 aliphatic carbocycles. The highest BCUT2D eigenvalue weighted by molar-refractivity contribution is 9.26. The van der Waals surface area contributed by atoms with Crippen molar-refractivity contribution in [2.24, 2.45) is 22.7 Å². The molecule has 0 bridgehead atoms. The van der Waals surface area contributed by atoms with E-state index in [9.17, 15) is 0 Å². The molecule has 84 valence electrons. The summed E-state index contributed by atoms with van der Waals surface area (Å²) in [5.41, 5.74) is 1.15. The second-order valence-corrected chi connectivity index (χ2v) is 13.0. The summed E-state index contributed by atoms with van der Waals surface area (Å²) in [4.78, 5) is 0. The van der Waals surface area contributed by atoms with Crippen molar-refractivity contribution in [1.29, 1.82) is 0 Å². The topological polar surface area (TPSA) is 0 Å². The predicted octanol–water partition coefficient (Wildman–Crippen LogP) is 5.17. The van der Waals surface area contributed by atoms with Crippen LogP contribution in [0.3, 0.4) is 0 Å². The van der Waals surface area contributed by atoms with Gasteiger partial charge < -0.3 is 0 Å². The van der Waals surface area contributed by atoms with Crippen LogP contribution in [0.1, 0.15) is 32.1 Å². The van der Waals surface area contributed by atoms with Crippen LogP contribution in [0.15, 0.2) is 0 Å². The molecule has 4 aliphatic rings. The molecule has 15 heavy (non-hydrogen) atoms. The van der Waals surface area contributed by atoms with Gasteiger partial charge in [-0.05, 0) is 37.5 Å². The van der Waals surface area contributed by atoms with Gasteiger partial charge in [0.2, 0.25) is 0 Å². The van der Waals surface area contributed by atoms with E-state index in [4.69, 9.17) is 0 Å². The Labute approximate surface area is 124 Å². The van der Waals surface area contributed by atoms with E-state index in [1.54, 1.807) is 0 Å². The summed E-state index contributed by atoms with van der Waals surface area (Å²) >= 11 is 15.7. The minimum absolute atomic E-state index is 0.280. The molecule has 0 aromatic rings. The molecule has 0 saturated heterocycles. The lowest BCUT2D eigenvalue weighted by atomic mass is 9.82. The van der Waals surface area contributed by atoms with Gasteiger partial charge in [0.1, 0.15) is 0 Å². The van der Waals surface area contributed by atoms with E-state index in [0.717, 1.165) is 11.8 Å². The van der Waals surface area contributed by atoms with Crippen LogP contribution < -0.4 is 0 Å². The maximum absolute atomic E-state index is 3.98. The van der Waals surface area contributed by atoms with Crippen molar-refractivity contribution in [1.82, 2.24) is 0 Å². The largest absolute Gasteiger partial charge is 0.0929 e. The van der Waals surface area contributed by atoms with Crippen LogP contribution >= 0.6 is 63.7 Å². The van der Waals surface area contributed by atoms with Gasteiger partial charge in [0.15, 0.2) is 0 Å². The van der Waals surface area contributed by atoms with Gasteiger partial charge in [-0.15, -0.1) is 0 Å². The lowest BCUT2D eigenvalue weighted by molar-refractivity contribution is 0.265. The predicted molar refractivity (Wildman–Crippen MR) is 76.1 cm³/mol. The summed E-state index contributed by atoms with van der Waals surface area (Å²) in [7, 11) is 0. The molecule has 0 N–H and O–H groups in total. The van der Waals surface area contributed by atoms with Gasteiger partial charge >= 0.3 is 0 Å². The van der Waals surface area contributed by atoms with Crippen molar-refractivity contribution in [3.05, 3.63) is 0 Å². The monoisotopic (exact) mass is 460 g/mol. The molecule has 0 aromatic carbocycles. The number of fused-ring (bicyclic) bond motifs is 1. The van der Waals surface area contributed by atoms with E-state index in [2.05, 4.69) is 63.7 Å². The number of rotatable bonds is 0.